The van der Waals surface area contributed by atoms with Gasteiger partial charge >= 0.3 is 0 Å². The highest BCUT2D eigenvalue weighted by molar-refractivity contribution is 5.76. The summed E-state index contributed by atoms with van der Waals surface area (Å²) in [6.45, 7) is 1.21. The molecule has 0 radical (unpaired) electrons. The predicted octanol–water partition coefficient (Wildman–Crippen LogP) is -3.80. The van der Waals surface area contributed by atoms with E-state index in [0.717, 1.165) is 0 Å². The second kappa shape index (κ2) is 8.13. The monoisotopic (exact) mass is 350 g/mol. The van der Waals surface area contributed by atoms with Crippen LogP contribution in [-0.2, 0) is 19.0 Å². The zero-order chi connectivity index (χ0) is 18.0. The first-order valence-electron chi connectivity index (χ1n) is 7.86. The molecule has 0 aromatic heterocycles. The second-order valence-electron chi connectivity index (χ2n) is 6.27. The Bertz CT molecular complexity index is 437. The lowest BCUT2D eigenvalue weighted by molar-refractivity contribution is -0.300. The molecule has 0 aromatic carbocycles. The number of Topliss-reactive ketones (excluding diaryl/α,β-unsaturated/α-hetero) is 1. The third kappa shape index (κ3) is 4.10. The van der Waals surface area contributed by atoms with Crippen LogP contribution in [0.4, 0.5) is 0 Å². The Kier molecular flexibility index (Phi) is 6.65. The van der Waals surface area contributed by atoms with E-state index in [9.17, 15) is 25.2 Å². The summed E-state index contributed by atoms with van der Waals surface area (Å²) in [5.74, 6) is -0.175. The first-order chi connectivity index (χ1) is 11.3. The summed E-state index contributed by atoms with van der Waals surface area (Å²) in [7, 11) is 0. The van der Waals surface area contributed by atoms with Crippen molar-refractivity contribution in [1.29, 1.82) is 0 Å². The van der Waals surface area contributed by atoms with E-state index in [1.807, 2.05) is 0 Å². The molecule has 8 N–H and O–H groups in total. The van der Waals surface area contributed by atoms with Gasteiger partial charge < -0.3 is 46.1 Å². The number of ketones is 1. The van der Waals surface area contributed by atoms with Crippen LogP contribution in [0.3, 0.4) is 0 Å². The molecule has 0 saturated carbocycles. The topological polar surface area (TPSA) is 178 Å². The Hall–Kier alpha value is -0.690. The Balaban J connectivity index is 1.99. The minimum Gasteiger partial charge on any atom is -0.388 e. The van der Waals surface area contributed by atoms with E-state index < -0.39 is 55.1 Å². The van der Waals surface area contributed by atoms with Crippen LogP contribution in [0, 0.1) is 0 Å². The first-order valence-corrected chi connectivity index (χ1v) is 7.86. The van der Waals surface area contributed by atoms with Gasteiger partial charge in [0.15, 0.2) is 6.29 Å². The summed E-state index contributed by atoms with van der Waals surface area (Å²) in [5, 5.41) is 40.0. The molecule has 10 nitrogen and oxygen atoms in total. The van der Waals surface area contributed by atoms with E-state index >= 15 is 0 Å². The van der Waals surface area contributed by atoms with Crippen LogP contribution in [0.15, 0.2) is 0 Å². The maximum Gasteiger partial charge on any atom is 0.176 e. The first kappa shape index (κ1) is 19.6. The molecular formula is C14H26N2O8. The molecule has 9 atom stereocenters. The number of aliphatic hydroxyl groups excluding tert-OH is 4. The largest absolute Gasteiger partial charge is 0.388 e. The standard InChI is InChI=1S/C14H26N2O8/c1-5(17)2-6-10(18)12(20)8(4-22-6)24-14-9(16)13(21)11(19)7(3-15)23-14/h6-14,18-21H,2-4,15-16H2,1H3/t6-,7?,8+,9?,10?,11+,12-,13+,14+/m0/s1. The van der Waals surface area contributed by atoms with Gasteiger partial charge in [-0.1, -0.05) is 0 Å². The average Bonchev–Trinajstić information content (AvgIpc) is 2.54. The molecule has 2 aliphatic heterocycles. The van der Waals surface area contributed by atoms with E-state index in [1.165, 1.54) is 6.92 Å². The smallest absolute Gasteiger partial charge is 0.176 e. The fourth-order valence-electron chi connectivity index (χ4n) is 2.88. The number of hydrogen-bond acceptors (Lipinski definition) is 10. The number of carbonyl (C=O) groups is 1. The molecule has 2 aliphatic rings. The zero-order valence-corrected chi connectivity index (χ0v) is 13.4. The summed E-state index contributed by atoms with van der Waals surface area (Å²) in [6, 6.07) is -1.07. The lowest BCUT2D eigenvalue weighted by atomic mass is 9.95. The number of nitrogens with two attached hydrogens (primary N) is 2. The predicted molar refractivity (Wildman–Crippen MR) is 79.6 cm³/mol. The Morgan fingerprint density at radius 2 is 1.75 bits per heavy atom. The van der Waals surface area contributed by atoms with Crippen molar-refractivity contribution >= 4 is 5.78 Å². The number of carbonyl (C=O) groups excluding carboxylic acids is 1. The number of aliphatic hydroxyl groups is 4. The Labute approximate surface area is 139 Å². The lowest BCUT2D eigenvalue weighted by Crippen LogP contribution is -2.65. The van der Waals surface area contributed by atoms with Crippen LogP contribution < -0.4 is 11.5 Å². The van der Waals surface area contributed by atoms with Crippen molar-refractivity contribution in [3.05, 3.63) is 0 Å². The molecular weight excluding hydrogens is 324 g/mol. The van der Waals surface area contributed by atoms with Crippen molar-refractivity contribution in [3.8, 4) is 0 Å². The van der Waals surface area contributed by atoms with Gasteiger partial charge in [-0.15, -0.1) is 0 Å². The van der Waals surface area contributed by atoms with Gasteiger partial charge in [-0.2, -0.15) is 0 Å². The van der Waals surface area contributed by atoms with Crippen molar-refractivity contribution in [2.75, 3.05) is 13.2 Å². The fraction of sp³-hybridized carbons (Fsp3) is 0.929. The van der Waals surface area contributed by atoms with E-state index in [4.69, 9.17) is 25.7 Å². The Morgan fingerprint density at radius 1 is 1.12 bits per heavy atom. The normalized spacial score (nSPS) is 46.7. The minimum absolute atomic E-state index is 0.0233. The van der Waals surface area contributed by atoms with E-state index in [0.29, 0.717) is 0 Å². The molecule has 0 amide bonds. The van der Waals surface area contributed by atoms with Gasteiger partial charge in [-0.25, -0.2) is 0 Å². The van der Waals surface area contributed by atoms with Crippen molar-refractivity contribution in [2.24, 2.45) is 11.5 Å². The SMILES string of the molecule is CC(=O)C[C@@H]1OC[C@@H](O[C@H]2OC(CN)[C@@H](O)[C@H](O)C2N)[C@H](O)C1O. The van der Waals surface area contributed by atoms with Gasteiger partial charge in [0.25, 0.3) is 0 Å². The quantitative estimate of drug-likeness (QED) is 0.288. The highest BCUT2D eigenvalue weighted by atomic mass is 16.7. The van der Waals surface area contributed by atoms with Gasteiger partial charge in [-0.3, -0.25) is 4.79 Å². The minimum atomic E-state index is -1.32. The summed E-state index contributed by atoms with van der Waals surface area (Å²) in [6.07, 6.45) is -9.02. The van der Waals surface area contributed by atoms with Gasteiger partial charge in [0.05, 0.1) is 18.8 Å². The molecule has 0 bridgehead atoms. The maximum absolute atomic E-state index is 11.1. The molecule has 140 valence electrons. The lowest BCUT2D eigenvalue weighted by Gasteiger charge is -2.44. The molecule has 2 heterocycles. The van der Waals surface area contributed by atoms with Crippen molar-refractivity contribution in [1.82, 2.24) is 0 Å². The summed E-state index contributed by atoms with van der Waals surface area (Å²) < 4.78 is 16.3. The highest BCUT2D eigenvalue weighted by Gasteiger charge is 2.46. The van der Waals surface area contributed by atoms with E-state index in [2.05, 4.69) is 0 Å². The molecule has 3 unspecified atom stereocenters. The summed E-state index contributed by atoms with van der Waals surface area (Å²) >= 11 is 0. The highest BCUT2D eigenvalue weighted by Crippen LogP contribution is 2.26. The zero-order valence-electron chi connectivity index (χ0n) is 13.4. The van der Waals surface area contributed by atoms with Gasteiger partial charge in [0.2, 0.25) is 0 Å². The fourth-order valence-corrected chi connectivity index (χ4v) is 2.88. The molecule has 0 spiro atoms. The van der Waals surface area contributed by atoms with Gasteiger partial charge in [0, 0.05) is 13.0 Å². The molecule has 2 fully saturated rings. The Morgan fingerprint density at radius 3 is 2.33 bits per heavy atom. The second-order valence-corrected chi connectivity index (χ2v) is 6.27. The van der Waals surface area contributed by atoms with Crippen LogP contribution in [0.25, 0.3) is 0 Å². The number of rotatable bonds is 5. The van der Waals surface area contributed by atoms with E-state index in [-0.39, 0.29) is 25.4 Å². The molecule has 24 heavy (non-hydrogen) atoms. The van der Waals surface area contributed by atoms with Crippen LogP contribution in [-0.4, -0.2) is 94.4 Å². The molecule has 0 aromatic rings. The third-order valence-electron chi connectivity index (χ3n) is 4.36. The third-order valence-corrected chi connectivity index (χ3v) is 4.36. The molecule has 2 saturated heterocycles. The number of ether oxygens (including phenoxy) is 3. The van der Waals surface area contributed by atoms with Crippen molar-refractivity contribution in [2.45, 2.75) is 68.4 Å². The summed E-state index contributed by atoms with van der Waals surface area (Å²) in [4.78, 5) is 11.1. The molecule has 2 rings (SSSR count). The van der Waals surface area contributed by atoms with Crippen molar-refractivity contribution < 1.29 is 39.4 Å². The molecule has 0 aliphatic carbocycles. The summed E-state index contributed by atoms with van der Waals surface area (Å²) in [5.41, 5.74) is 11.3. The van der Waals surface area contributed by atoms with Crippen LogP contribution in [0.2, 0.25) is 0 Å². The van der Waals surface area contributed by atoms with Gasteiger partial charge in [0.1, 0.15) is 42.4 Å². The number of hydrogen-bond donors (Lipinski definition) is 6. The molecule has 10 heteroatoms. The maximum atomic E-state index is 11.1. The van der Waals surface area contributed by atoms with E-state index in [1.54, 1.807) is 0 Å². The van der Waals surface area contributed by atoms with Gasteiger partial charge in [-0.05, 0) is 6.92 Å². The van der Waals surface area contributed by atoms with Crippen LogP contribution in [0.5, 0.6) is 0 Å². The van der Waals surface area contributed by atoms with Crippen LogP contribution >= 0.6 is 0 Å². The average molecular weight is 350 g/mol. The van der Waals surface area contributed by atoms with Crippen molar-refractivity contribution in [3.63, 3.8) is 0 Å². The van der Waals surface area contributed by atoms with Crippen LogP contribution in [0.1, 0.15) is 13.3 Å².